The van der Waals surface area contributed by atoms with Crippen molar-refractivity contribution >= 4 is 22.7 Å². The number of rotatable bonds is 2. The first kappa shape index (κ1) is 13.6. The molecule has 114 valence electrons. The summed E-state index contributed by atoms with van der Waals surface area (Å²) in [6.45, 7) is 1.97. The third-order valence-corrected chi connectivity index (χ3v) is 3.86. The molecule has 0 bridgehead atoms. The lowest BCUT2D eigenvalue weighted by molar-refractivity contribution is -0.121. The molecule has 1 aliphatic heterocycles. The molecule has 0 radical (unpaired) electrons. The second-order valence-electron chi connectivity index (χ2n) is 5.51. The summed E-state index contributed by atoms with van der Waals surface area (Å²) in [4.78, 5) is 24.5. The molecule has 4 rings (SSSR count). The number of hydrazone groups is 1. The van der Waals surface area contributed by atoms with Gasteiger partial charge in [-0.1, -0.05) is 19.1 Å². The molecule has 1 aromatic carbocycles. The number of carbonyl (C=O) groups is 1. The second-order valence-corrected chi connectivity index (χ2v) is 5.51. The number of carbonyl (C=O) groups excluding carboxylic acids is 1. The van der Waals surface area contributed by atoms with E-state index in [0.29, 0.717) is 12.4 Å². The standard InChI is InChI=1S/C16H14N6O/c1-10-6-14(23)20-21-15(10)11-7-17-16(18-8-11)22-9-19-12-4-2-3-5-13(12)22/h2-5,7-10H,6H2,1H3,(H,20,23). The molecule has 3 aromatic rings. The largest absolute Gasteiger partial charge is 0.273 e. The molecular formula is C16H14N6O. The Morgan fingerprint density at radius 1 is 1.17 bits per heavy atom. The van der Waals surface area contributed by atoms with Gasteiger partial charge in [-0.15, -0.1) is 0 Å². The maximum atomic E-state index is 11.3. The van der Waals surface area contributed by atoms with E-state index in [9.17, 15) is 4.79 Å². The lowest BCUT2D eigenvalue weighted by Crippen LogP contribution is -2.32. The minimum absolute atomic E-state index is 0.0484. The Morgan fingerprint density at radius 3 is 2.74 bits per heavy atom. The number of imidazole rings is 1. The van der Waals surface area contributed by atoms with Crippen LogP contribution in [0.4, 0.5) is 0 Å². The fourth-order valence-corrected chi connectivity index (χ4v) is 2.70. The minimum atomic E-state index is -0.0660. The molecule has 3 heterocycles. The maximum absolute atomic E-state index is 11.3. The number of nitrogens with zero attached hydrogens (tertiary/aromatic N) is 5. The van der Waals surface area contributed by atoms with E-state index in [4.69, 9.17) is 0 Å². The van der Waals surface area contributed by atoms with Crippen LogP contribution in [0.2, 0.25) is 0 Å². The number of aromatic nitrogens is 4. The number of fused-ring (bicyclic) bond motifs is 1. The van der Waals surface area contributed by atoms with Crippen LogP contribution in [-0.2, 0) is 4.79 Å². The topological polar surface area (TPSA) is 85.1 Å². The molecule has 7 nitrogen and oxygen atoms in total. The van der Waals surface area contributed by atoms with E-state index in [1.54, 1.807) is 18.7 Å². The Balaban J connectivity index is 1.70. The van der Waals surface area contributed by atoms with E-state index in [1.807, 2.05) is 35.8 Å². The van der Waals surface area contributed by atoms with Crippen molar-refractivity contribution < 1.29 is 4.79 Å². The molecule has 0 fully saturated rings. The SMILES string of the molecule is CC1CC(=O)NN=C1c1cnc(-n2cnc3ccccc32)nc1. The molecule has 0 aliphatic carbocycles. The van der Waals surface area contributed by atoms with Crippen molar-refractivity contribution in [1.29, 1.82) is 0 Å². The zero-order valence-electron chi connectivity index (χ0n) is 12.5. The summed E-state index contributed by atoms with van der Waals surface area (Å²) in [6.07, 6.45) is 5.58. The summed E-state index contributed by atoms with van der Waals surface area (Å²) in [7, 11) is 0. The Hall–Kier alpha value is -3.09. The summed E-state index contributed by atoms with van der Waals surface area (Å²) in [6, 6.07) is 7.82. The van der Waals surface area contributed by atoms with E-state index in [0.717, 1.165) is 22.3 Å². The molecule has 1 aliphatic rings. The Morgan fingerprint density at radius 2 is 1.96 bits per heavy atom. The van der Waals surface area contributed by atoms with E-state index in [2.05, 4.69) is 25.5 Å². The summed E-state index contributed by atoms with van der Waals surface area (Å²) >= 11 is 0. The predicted octanol–water partition coefficient (Wildman–Crippen LogP) is 1.68. The molecule has 0 saturated carbocycles. The zero-order chi connectivity index (χ0) is 15.8. The lowest BCUT2D eigenvalue weighted by Gasteiger charge is -2.18. The first-order chi connectivity index (χ1) is 11.2. The van der Waals surface area contributed by atoms with Crippen LogP contribution in [0.25, 0.3) is 17.0 Å². The van der Waals surface area contributed by atoms with Crippen molar-refractivity contribution in [2.45, 2.75) is 13.3 Å². The van der Waals surface area contributed by atoms with Gasteiger partial charge in [0.2, 0.25) is 11.9 Å². The van der Waals surface area contributed by atoms with Crippen LogP contribution >= 0.6 is 0 Å². The fourth-order valence-electron chi connectivity index (χ4n) is 2.70. The van der Waals surface area contributed by atoms with Gasteiger partial charge in [0, 0.05) is 30.3 Å². The number of para-hydroxylation sites is 2. The highest BCUT2D eigenvalue weighted by Gasteiger charge is 2.22. The van der Waals surface area contributed by atoms with Crippen molar-refractivity contribution in [3.63, 3.8) is 0 Å². The van der Waals surface area contributed by atoms with Crippen LogP contribution in [0.1, 0.15) is 18.9 Å². The molecule has 7 heteroatoms. The van der Waals surface area contributed by atoms with Crippen molar-refractivity contribution in [1.82, 2.24) is 24.9 Å². The summed E-state index contributed by atoms with van der Waals surface area (Å²) < 4.78 is 1.84. The Kier molecular flexibility index (Phi) is 3.11. The van der Waals surface area contributed by atoms with Gasteiger partial charge in [-0.25, -0.2) is 20.4 Å². The summed E-state index contributed by atoms with van der Waals surface area (Å²) in [5, 5.41) is 4.12. The van der Waals surface area contributed by atoms with Crippen LogP contribution in [0.15, 0.2) is 48.1 Å². The quantitative estimate of drug-likeness (QED) is 0.780. The van der Waals surface area contributed by atoms with Gasteiger partial charge in [-0.05, 0) is 12.1 Å². The van der Waals surface area contributed by atoms with Gasteiger partial charge in [0.25, 0.3) is 0 Å². The van der Waals surface area contributed by atoms with Gasteiger partial charge < -0.3 is 0 Å². The first-order valence-corrected chi connectivity index (χ1v) is 7.33. The van der Waals surface area contributed by atoms with E-state index in [-0.39, 0.29) is 11.8 Å². The average molecular weight is 306 g/mol. The van der Waals surface area contributed by atoms with Crippen LogP contribution in [0.3, 0.4) is 0 Å². The van der Waals surface area contributed by atoms with Gasteiger partial charge in [-0.2, -0.15) is 5.10 Å². The van der Waals surface area contributed by atoms with Gasteiger partial charge in [0.05, 0.1) is 16.7 Å². The first-order valence-electron chi connectivity index (χ1n) is 7.33. The normalized spacial score (nSPS) is 17.9. The minimum Gasteiger partial charge on any atom is -0.273 e. The molecule has 23 heavy (non-hydrogen) atoms. The third-order valence-electron chi connectivity index (χ3n) is 3.86. The monoisotopic (exact) mass is 306 g/mol. The maximum Gasteiger partial charge on any atom is 0.240 e. The number of hydrogen-bond acceptors (Lipinski definition) is 5. The highest BCUT2D eigenvalue weighted by atomic mass is 16.2. The Bertz CT molecular complexity index is 912. The second kappa shape index (κ2) is 5.28. The highest BCUT2D eigenvalue weighted by Crippen LogP contribution is 2.18. The number of hydrogen-bond donors (Lipinski definition) is 1. The van der Waals surface area contributed by atoms with Crippen LogP contribution < -0.4 is 5.43 Å². The van der Waals surface area contributed by atoms with E-state index >= 15 is 0 Å². The van der Waals surface area contributed by atoms with Crippen molar-refractivity contribution in [2.75, 3.05) is 0 Å². The van der Waals surface area contributed by atoms with Gasteiger partial charge in [-0.3, -0.25) is 9.36 Å². The molecule has 1 atom stereocenters. The lowest BCUT2D eigenvalue weighted by atomic mass is 9.96. The molecule has 2 aromatic heterocycles. The molecule has 0 spiro atoms. The molecule has 1 N–H and O–H groups in total. The molecule has 1 amide bonds. The predicted molar refractivity (Wildman–Crippen MR) is 85.1 cm³/mol. The van der Waals surface area contributed by atoms with Crippen LogP contribution in [-0.4, -0.2) is 31.1 Å². The average Bonchev–Trinajstić information content (AvgIpc) is 2.99. The molecule has 0 saturated heterocycles. The third kappa shape index (κ3) is 2.36. The fraction of sp³-hybridized carbons (Fsp3) is 0.188. The van der Waals surface area contributed by atoms with E-state index < -0.39 is 0 Å². The van der Waals surface area contributed by atoms with Crippen LogP contribution in [0, 0.1) is 5.92 Å². The summed E-state index contributed by atoms with van der Waals surface area (Å²) in [5.41, 5.74) is 5.97. The van der Waals surface area contributed by atoms with Gasteiger partial charge in [0.1, 0.15) is 6.33 Å². The highest BCUT2D eigenvalue weighted by molar-refractivity contribution is 6.05. The number of benzene rings is 1. The van der Waals surface area contributed by atoms with Crippen molar-refractivity contribution in [2.24, 2.45) is 11.0 Å². The van der Waals surface area contributed by atoms with Crippen molar-refractivity contribution in [3.05, 3.63) is 48.5 Å². The van der Waals surface area contributed by atoms with Crippen molar-refractivity contribution in [3.8, 4) is 5.95 Å². The number of amides is 1. The molecular weight excluding hydrogens is 292 g/mol. The van der Waals surface area contributed by atoms with Gasteiger partial charge in [0.15, 0.2) is 0 Å². The van der Waals surface area contributed by atoms with Gasteiger partial charge >= 0.3 is 0 Å². The van der Waals surface area contributed by atoms with Crippen LogP contribution in [0.5, 0.6) is 0 Å². The van der Waals surface area contributed by atoms with E-state index in [1.165, 1.54) is 0 Å². The molecule has 1 unspecified atom stereocenters. The number of nitrogens with one attached hydrogen (secondary N) is 1. The Labute approximate surface area is 132 Å². The smallest absolute Gasteiger partial charge is 0.240 e. The summed E-state index contributed by atoms with van der Waals surface area (Å²) in [5.74, 6) is 0.534. The zero-order valence-corrected chi connectivity index (χ0v) is 12.5.